The smallest absolute Gasteiger partial charge is 0.219 e. The maximum absolute atomic E-state index is 7.28. The van der Waals surface area contributed by atoms with Crippen molar-refractivity contribution >= 4 is 44.4 Å². The number of hydrogen-bond acceptors (Lipinski definition) is 3. The van der Waals surface area contributed by atoms with E-state index in [1.165, 1.54) is 24.4 Å². The third kappa shape index (κ3) is 4.28. The first-order valence-electron chi connectivity index (χ1n) is 15.1. The summed E-state index contributed by atoms with van der Waals surface area (Å²) in [6.07, 6.45) is 1.30. The van der Waals surface area contributed by atoms with Crippen molar-refractivity contribution in [2.45, 2.75) is 13.7 Å². The number of pyridine rings is 1. The minimum atomic E-state index is -2.18. The van der Waals surface area contributed by atoms with Crippen LogP contribution in [-0.4, -0.2) is 23.8 Å². The Kier molecular flexibility index (Phi) is 4.85. The summed E-state index contributed by atoms with van der Waals surface area (Å²) in [5.74, 6) is 0.870. The predicted octanol–water partition coefficient (Wildman–Crippen LogP) is 7.40. The normalized spacial score (nSPS) is 14.1. The summed E-state index contributed by atoms with van der Waals surface area (Å²) in [6.45, 7) is -4.34. The molecule has 1 radical (unpaired) electrons. The van der Waals surface area contributed by atoms with Crippen molar-refractivity contribution in [1.82, 2.24) is 23.8 Å². The van der Waals surface area contributed by atoms with Gasteiger partial charge in [-0.3, -0.25) is 13.8 Å². The van der Waals surface area contributed by atoms with Gasteiger partial charge in [0.05, 0.1) is 16.6 Å². The Morgan fingerprint density at radius 2 is 1.51 bits per heavy atom. The van der Waals surface area contributed by atoms with Gasteiger partial charge >= 0.3 is 0 Å². The zero-order valence-corrected chi connectivity index (χ0v) is 22.8. The first kappa shape index (κ1) is 18.8. The summed E-state index contributed by atoms with van der Waals surface area (Å²) in [7, 11) is 0. The molecule has 0 saturated carbocycles. The van der Waals surface area contributed by atoms with Crippen molar-refractivity contribution in [2.24, 2.45) is 0 Å². The van der Waals surface area contributed by atoms with Crippen LogP contribution in [0.4, 0.5) is 0 Å². The van der Waals surface area contributed by atoms with Crippen LogP contribution in [0, 0.1) is 25.8 Å². The summed E-state index contributed by atoms with van der Waals surface area (Å²) >= 11 is 0. The van der Waals surface area contributed by atoms with E-state index in [1.54, 1.807) is 12.1 Å². The van der Waals surface area contributed by atoms with Crippen molar-refractivity contribution in [3.8, 4) is 11.3 Å². The molecular formula is C33H23IrN5-2. The van der Waals surface area contributed by atoms with Crippen molar-refractivity contribution in [3.63, 3.8) is 0 Å². The van der Waals surface area contributed by atoms with Crippen molar-refractivity contribution in [1.29, 1.82) is 0 Å². The number of benzene rings is 4. The Morgan fingerprint density at radius 3 is 2.31 bits per heavy atom. The molecule has 6 heteroatoms. The van der Waals surface area contributed by atoms with Crippen molar-refractivity contribution in [3.05, 3.63) is 127 Å². The molecule has 4 aromatic carbocycles. The molecule has 0 aliphatic carbocycles. The number of fused-ring (bicyclic) bond motifs is 10. The summed E-state index contributed by atoms with van der Waals surface area (Å²) in [5, 5.41) is 1.11. The summed E-state index contributed by atoms with van der Waals surface area (Å²) < 4.78 is 48.0. The molecule has 0 aliphatic heterocycles. The number of para-hydroxylation sites is 4. The second-order valence-electron chi connectivity index (χ2n) is 8.85. The molecule has 0 saturated heterocycles. The predicted molar refractivity (Wildman–Crippen MR) is 153 cm³/mol. The molecule has 4 aromatic heterocycles. The largest absolute Gasteiger partial charge is 0.304 e. The molecule has 39 heavy (non-hydrogen) atoms. The minimum Gasteiger partial charge on any atom is -0.304 e. The number of aromatic nitrogens is 5. The molecule has 0 bridgehead atoms. The van der Waals surface area contributed by atoms with Gasteiger partial charge in [0, 0.05) is 39.9 Å². The maximum atomic E-state index is 7.28. The minimum absolute atomic E-state index is 0. The third-order valence-corrected chi connectivity index (χ3v) is 6.46. The third-order valence-electron chi connectivity index (χ3n) is 6.46. The molecule has 8 aromatic rings. The van der Waals surface area contributed by atoms with E-state index >= 15 is 0 Å². The molecule has 5 nitrogen and oxygen atoms in total. The summed E-state index contributed by atoms with van der Waals surface area (Å²) in [5.41, 5.74) is 7.55. The van der Waals surface area contributed by atoms with Crippen molar-refractivity contribution < 1.29 is 28.3 Å². The van der Waals surface area contributed by atoms with Gasteiger partial charge in [-0.2, -0.15) is 18.2 Å². The number of nitrogens with zero attached hydrogens (tertiary/aromatic N) is 5. The van der Waals surface area contributed by atoms with E-state index in [0.717, 1.165) is 44.4 Å². The van der Waals surface area contributed by atoms with Gasteiger partial charge in [0.25, 0.3) is 0 Å². The summed E-state index contributed by atoms with van der Waals surface area (Å²) in [4.78, 5) is 13.8. The molecule has 4 heterocycles. The van der Waals surface area contributed by atoms with Gasteiger partial charge in [-0.1, -0.05) is 43.3 Å². The fourth-order valence-corrected chi connectivity index (χ4v) is 4.73. The van der Waals surface area contributed by atoms with Crippen LogP contribution in [0.15, 0.2) is 103 Å². The van der Waals surface area contributed by atoms with Crippen LogP contribution >= 0.6 is 0 Å². The van der Waals surface area contributed by atoms with E-state index in [9.17, 15) is 0 Å². The van der Waals surface area contributed by atoms with Gasteiger partial charge in [-0.15, -0.1) is 41.5 Å². The van der Waals surface area contributed by atoms with E-state index in [4.69, 9.17) is 18.2 Å². The number of rotatable bonds is 1. The van der Waals surface area contributed by atoms with E-state index in [1.807, 2.05) is 36.4 Å². The first-order chi connectivity index (χ1) is 21.1. The average Bonchev–Trinajstić information content (AvgIpc) is 3.60. The molecule has 0 unspecified atom stereocenters. The quantitative estimate of drug-likeness (QED) is 0.169. The Morgan fingerprint density at radius 1 is 0.718 bits per heavy atom. The molecule has 0 N–H and O–H groups in total. The van der Waals surface area contributed by atoms with Crippen LogP contribution in [0.1, 0.15) is 19.4 Å². The molecule has 191 valence electrons. The van der Waals surface area contributed by atoms with Gasteiger partial charge in [0.2, 0.25) is 5.78 Å². The Bertz CT molecular complexity index is 2250. The van der Waals surface area contributed by atoms with E-state index in [2.05, 4.69) is 56.2 Å². The second kappa shape index (κ2) is 10.1. The first-order valence-corrected chi connectivity index (χ1v) is 12.1. The maximum Gasteiger partial charge on any atom is 0.219 e. The molecule has 0 spiro atoms. The van der Waals surface area contributed by atoms with Crippen LogP contribution in [0.2, 0.25) is 0 Å². The second-order valence-corrected chi connectivity index (χ2v) is 8.85. The number of imidazole rings is 2. The number of aryl methyl sites for hydroxylation is 2. The standard InChI is InChI=1S/C20H11N4.C13H12N.Ir/c1-4-10-16-13(7-1)19-21-14-8-2-6-12-18(14)24(19)20-22-15-9-3-5-11-17(15)23(16)20;1-10-3-6-12(7-4-10)13-8-5-11(2)9-14-13;/h1-11H;3-6,8-9H,1-2H3;/q2*-1;/i;1D3,2D3;. The van der Waals surface area contributed by atoms with Crippen LogP contribution < -0.4 is 0 Å². The Labute approximate surface area is 247 Å². The van der Waals surface area contributed by atoms with E-state index < -0.39 is 13.7 Å². The van der Waals surface area contributed by atoms with Gasteiger partial charge in [0.1, 0.15) is 5.65 Å². The van der Waals surface area contributed by atoms with E-state index in [-0.39, 0.29) is 31.2 Å². The monoisotopic (exact) mass is 688 g/mol. The summed E-state index contributed by atoms with van der Waals surface area (Å²) in [6, 6.07) is 36.2. The molecule has 0 amide bonds. The van der Waals surface area contributed by atoms with Gasteiger partial charge in [-0.25, -0.2) is 4.98 Å². The Balaban J connectivity index is 0.000000159. The molecule has 8 rings (SSSR count). The zero-order valence-electron chi connectivity index (χ0n) is 26.4. The number of hydrogen-bond donors (Lipinski definition) is 0. The average molecular weight is 688 g/mol. The van der Waals surface area contributed by atoms with Crippen LogP contribution in [0.25, 0.3) is 55.7 Å². The fourth-order valence-electron chi connectivity index (χ4n) is 4.73. The van der Waals surface area contributed by atoms with Gasteiger partial charge in [0.15, 0.2) is 0 Å². The molecule has 0 atom stereocenters. The molecule has 0 fully saturated rings. The topological polar surface area (TPSA) is 47.5 Å². The SMILES string of the molecule is [2H]C([2H])([2H])c1c[c-]c(-c2ccc(C([2H])([2H])[2H])cn2)cc1.[Ir].[c-]1cccc2nc3c4ccccc4n4c5ccccc5nc4n3c12. The molecular weight excluding hydrogens is 659 g/mol. The van der Waals surface area contributed by atoms with E-state index in [0.29, 0.717) is 11.3 Å². The Hall–Kier alpha value is -4.38. The fraction of sp³-hybridized carbons (Fsp3) is 0.0606. The zero-order chi connectivity index (χ0) is 30.6. The van der Waals surface area contributed by atoms with Gasteiger partial charge < -0.3 is 4.98 Å². The van der Waals surface area contributed by atoms with Crippen LogP contribution in [0.5, 0.6) is 0 Å². The van der Waals surface area contributed by atoms with Crippen LogP contribution in [0.3, 0.4) is 0 Å². The van der Waals surface area contributed by atoms with Gasteiger partial charge in [-0.05, 0) is 53.4 Å². The van der Waals surface area contributed by atoms with Crippen LogP contribution in [-0.2, 0) is 20.1 Å². The molecule has 0 aliphatic rings. The van der Waals surface area contributed by atoms with Crippen molar-refractivity contribution in [2.75, 3.05) is 0 Å².